The molecule has 34 heavy (non-hydrogen) atoms. The van der Waals surface area contributed by atoms with Crippen LogP contribution < -0.4 is 15.3 Å². The summed E-state index contributed by atoms with van der Waals surface area (Å²) in [7, 11) is 0. The van der Waals surface area contributed by atoms with Gasteiger partial charge < -0.3 is 0 Å². The maximum Gasteiger partial charge on any atom is 0.269 e. The molecule has 0 saturated carbocycles. The Labute approximate surface area is 215 Å². The minimum Gasteiger partial charge on any atom is -0.293 e. The van der Waals surface area contributed by atoms with E-state index in [-0.39, 0.29) is 11.6 Å². The molecule has 3 atom stereocenters. The summed E-state index contributed by atoms with van der Waals surface area (Å²) in [4.78, 5) is 38.9. The Morgan fingerprint density at radius 2 is 1.62 bits per heavy atom. The van der Waals surface area contributed by atoms with Crippen LogP contribution >= 0.6 is 43.5 Å². The van der Waals surface area contributed by atoms with Crippen molar-refractivity contribution in [1.29, 1.82) is 0 Å². The van der Waals surface area contributed by atoms with Crippen molar-refractivity contribution < 1.29 is 14.5 Å². The number of halogens is 3. The van der Waals surface area contributed by atoms with Crippen molar-refractivity contribution in [2.45, 2.75) is 12.1 Å². The number of hydrazine groups is 1. The van der Waals surface area contributed by atoms with Gasteiger partial charge in [-0.25, -0.2) is 10.3 Å². The lowest BCUT2D eigenvalue weighted by Crippen LogP contribution is -2.45. The van der Waals surface area contributed by atoms with Gasteiger partial charge in [0.15, 0.2) is 0 Å². The second-order valence-corrected chi connectivity index (χ2v) is 10.1. The largest absolute Gasteiger partial charge is 0.293 e. The second kappa shape index (κ2) is 8.77. The van der Waals surface area contributed by atoms with E-state index in [1.807, 2.05) is 30.3 Å². The third kappa shape index (κ3) is 3.80. The van der Waals surface area contributed by atoms with Gasteiger partial charge in [-0.05, 0) is 64.0 Å². The van der Waals surface area contributed by atoms with Crippen molar-refractivity contribution in [1.82, 2.24) is 5.43 Å². The summed E-state index contributed by atoms with van der Waals surface area (Å²) in [6.07, 6.45) is 0. The first-order valence-electron chi connectivity index (χ1n) is 10.1. The summed E-state index contributed by atoms with van der Waals surface area (Å²) < 4.78 is 1.59. The van der Waals surface area contributed by atoms with Crippen LogP contribution in [0, 0.1) is 16.0 Å². The molecule has 2 fully saturated rings. The molecule has 2 amide bonds. The highest BCUT2D eigenvalue weighted by molar-refractivity contribution is 9.11. The van der Waals surface area contributed by atoms with Crippen LogP contribution in [0.1, 0.15) is 11.6 Å². The Morgan fingerprint density at radius 1 is 0.941 bits per heavy atom. The Morgan fingerprint density at radius 3 is 2.24 bits per heavy atom. The molecular formula is C23H15Br2ClN4O4. The van der Waals surface area contributed by atoms with E-state index in [4.69, 9.17) is 11.6 Å². The molecule has 2 saturated heterocycles. The molecule has 5 rings (SSSR count). The number of rotatable bonds is 4. The lowest BCUT2D eigenvalue weighted by atomic mass is 9.91. The number of hydrogen-bond donors (Lipinski definition) is 1. The number of imide groups is 1. The first-order chi connectivity index (χ1) is 16.3. The number of benzene rings is 3. The smallest absolute Gasteiger partial charge is 0.269 e. The van der Waals surface area contributed by atoms with E-state index < -0.39 is 28.8 Å². The van der Waals surface area contributed by atoms with Crippen LogP contribution in [-0.2, 0) is 9.59 Å². The zero-order valence-corrected chi connectivity index (χ0v) is 21.1. The molecule has 0 spiro atoms. The highest BCUT2D eigenvalue weighted by Crippen LogP contribution is 2.45. The molecule has 2 aliphatic heterocycles. The van der Waals surface area contributed by atoms with Crippen molar-refractivity contribution in [3.8, 4) is 0 Å². The number of nitrogens with zero attached hydrogens (tertiary/aromatic N) is 3. The van der Waals surface area contributed by atoms with Gasteiger partial charge in [0.25, 0.3) is 11.6 Å². The molecule has 172 valence electrons. The number of carbonyl (C=O) groups excluding carboxylic acids is 2. The minimum atomic E-state index is -0.819. The first-order valence-corrected chi connectivity index (χ1v) is 12.1. The second-order valence-electron chi connectivity index (χ2n) is 7.88. The monoisotopic (exact) mass is 604 g/mol. The lowest BCUT2D eigenvalue weighted by molar-refractivity contribution is -0.384. The van der Waals surface area contributed by atoms with Gasteiger partial charge in [-0.2, -0.15) is 0 Å². The standard InChI is InChI=1S/C23H15Br2ClN4O4/c24-13-3-10-18(17(25)11-13)29-21-19(20(27-29)12-1-4-14(26)5-2-12)22(31)28(23(21)32)15-6-8-16(9-7-15)30(33)34/h1-11,19-21,27H. The number of carbonyl (C=O) groups is 2. The fourth-order valence-electron chi connectivity index (χ4n) is 4.41. The van der Waals surface area contributed by atoms with E-state index in [1.165, 1.54) is 24.3 Å². The van der Waals surface area contributed by atoms with Crippen molar-refractivity contribution in [2.24, 2.45) is 5.92 Å². The predicted molar refractivity (Wildman–Crippen MR) is 135 cm³/mol. The van der Waals surface area contributed by atoms with Crippen LogP contribution in [0.5, 0.6) is 0 Å². The van der Waals surface area contributed by atoms with Crippen LogP contribution in [0.25, 0.3) is 0 Å². The molecule has 0 bridgehead atoms. The lowest BCUT2D eigenvalue weighted by Gasteiger charge is -2.27. The third-order valence-corrected chi connectivity index (χ3v) is 7.33. The van der Waals surface area contributed by atoms with Gasteiger partial charge in [-0.3, -0.25) is 24.7 Å². The third-order valence-electron chi connectivity index (χ3n) is 5.95. The minimum absolute atomic E-state index is 0.121. The van der Waals surface area contributed by atoms with Gasteiger partial charge in [0.05, 0.1) is 28.3 Å². The summed E-state index contributed by atoms with van der Waals surface area (Å²) in [6.45, 7) is 0. The Bertz CT molecular complexity index is 1320. The molecule has 0 radical (unpaired) electrons. The number of non-ortho nitro benzene ring substituents is 1. The van der Waals surface area contributed by atoms with Crippen LogP contribution in [0.15, 0.2) is 75.7 Å². The van der Waals surface area contributed by atoms with Crippen molar-refractivity contribution in [2.75, 3.05) is 9.91 Å². The summed E-state index contributed by atoms with van der Waals surface area (Å²) in [5, 5.41) is 13.3. The molecule has 0 aliphatic carbocycles. The normalized spacial score (nSPS) is 21.8. The quantitative estimate of drug-likeness (QED) is 0.243. The van der Waals surface area contributed by atoms with Gasteiger partial charge in [0.2, 0.25) is 5.91 Å². The van der Waals surface area contributed by atoms with Gasteiger partial charge in [0.1, 0.15) is 6.04 Å². The maximum atomic E-state index is 13.7. The van der Waals surface area contributed by atoms with E-state index in [1.54, 1.807) is 17.1 Å². The Balaban J connectivity index is 1.59. The van der Waals surface area contributed by atoms with Crippen LogP contribution in [0.2, 0.25) is 5.02 Å². The van der Waals surface area contributed by atoms with Crippen molar-refractivity contribution in [3.05, 3.63) is 96.4 Å². The first kappa shape index (κ1) is 23.0. The summed E-state index contributed by atoms with van der Waals surface area (Å²) in [6, 6.07) is 16.8. The maximum absolute atomic E-state index is 13.7. The highest BCUT2D eigenvalue weighted by Gasteiger charge is 2.59. The Hall–Kier alpha value is -2.79. The molecular weight excluding hydrogens is 592 g/mol. The topological polar surface area (TPSA) is 95.8 Å². The number of nitro groups is 1. The number of anilines is 2. The fraction of sp³-hybridized carbons (Fsp3) is 0.130. The van der Waals surface area contributed by atoms with Gasteiger partial charge in [0, 0.05) is 26.1 Å². The van der Waals surface area contributed by atoms with Gasteiger partial charge >= 0.3 is 0 Å². The molecule has 8 nitrogen and oxygen atoms in total. The van der Waals surface area contributed by atoms with Gasteiger partial charge in [-0.1, -0.05) is 39.7 Å². The van der Waals surface area contributed by atoms with E-state index >= 15 is 0 Å². The number of nitrogens with one attached hydrogen (secondary N) is 1. The van der Waals surface area contributed by atoms with E-state index in [0.29, 0.717) is 16.4 Å². The zero-order chi connectivity index (χ0) is 24.1. The van der Waals surface area contributed by atoms with Gasteiger partial charge in [-0.15, -0.1) is 0 Å². The molecule has 3 unspecified atom stereocenters. The molecule has 3 aromatic rings. The highest BCUT2D eigenvalue weighted by atomic mass is 79.9. The molecule has 0 aromatic heterocycles. The predicted octanol–water partition coefficient (Wildman–Crippen LogP) is 5.40. The molecule has 2 heterocycles. The number of nitro benzene ring substituents is 1. The van der Waals surface area contributed by atoms with Crippen molar-refractivity contribution >= 4 is 72.3 Å². The molecule has 3 aromatic carbocycles. The van der Waals surface area contributed by atoms with Crippen LogP contribution in [0.3, 0.4) is 0 Å². The summed E-state index contributed by atoms with van der Waals surface area (Å²) >= 11 is 13.1. The summed E-state index contributed by atoms with van der Waals surface area (Å²) in [5.74, 6) is -1.52. The average Bonchev–Trinajstić information content (AvgIpc) is 3.31. The molecule has 2 aliphatic rings. The SMILES string of the molecule is O=C1C2C(c3ccc(Cl)cc3)NN(c3ccc(Br)cc3Br)C2C(=O)N1c1ccc([N+](=O)[O-])cc1. The zero-order valence-electron chi connectivity index (χ0n) is 17.2. The summed E-state index contributed by atoms with van der Waals surface area (Å²) in [5.41, 5.74) is 5.02. The van der Waals surface area contributed by atoms with E-state index in [9.17, 15) is 19.7 Å². The van der Waals surface area contributed by atoms with Crippen LogP contribution in [-0.4, -0.2) is 22.8 Å². The molecule has 1 N–H and O–H groups in total. The average molecular weight is 607 g/mol. The fourth-order valence-corrected chi connectivity index (χ4v) is 5.77. The number of amides is 2. The Kier molecular flexibility index (Phi) is 5.93. The van der Waals surface area contributed by atoms with E-state index in [0.717, 1.165) is 19.4 Å². The van der Waals surface area contributed by atoms with Crippen LogP contribution in [0.4, 0.5) is 17.1 Å². The van der Waals surface area contributed by atoms with E-state index in [2.05, 4.69) is 37.3 Å². The van der Waals surface area contributed by atoms with Crippen molar-refractivity contribution in [3.63, 3.8) is 0 Å². The number of hydrogen-bond acceptors (Lipinski definition) is 6. The number of fused-ring (bicyclic) bond motifs is 1. The molecule has 11 heteroatoms.